The molecule has 0 unspecified atom stereocenters. The molecule has 1 saturated heterocycles. The average molecular weight is 409 g/mol. The minimum absolute atomic E-state index is 0.0871. The number of hydrogen-bond acceptors (Lipinski definition) is 6. The lowest BCUT2D eigenvalue weighted by Gasteiger charge is -2.22. The molecule has 154 valence electrons. The molecule has 1 atom stereocenters. The third-order valence-corrected chi connectivity index (χ3v) is 5.11. The summed E-state index contributed by atoms with van der Waals surface area (Å²) in [7, 11) is 0. The average Bonchev–Trinajstić information content (AvgIpc) is 3.26. The summed E-state index contributed by atoms with van der Waals surface area (Å²) in [5, 5.41) is 5.23. The van der Waals surface area contributed by atoms with Crippen LogP contribution in [0.2, 0.25) is 0 Å². The van der Waals surface area contributed by atoms with Gasteiger partial charge < -0.3 is 20.1 Å². The van der Waals surface area contributed by atoms with Gasteiger partial charge in [-0.25, -0.2) is 4.79 Å². The smallest absolute Gasteiger partial charge is 0.325 e. The predicted molar refractivity (Wildman–Crippen MR) is 105 cm³/mol. The van der Waals surface area contributed by atoms with Gasteiger partial charge in [0.25, 0.3) is 5.91 Å². The van der Waals surface area contributed by atoms with Gasteiger partial charge in [-0.2, -0.15) is 0 Å². The highest BCUT2D eigenvalue weighted by Gasteiger charge is 2.49. The van der Waals surface area contributed by atoms with Gasteiger partial charge in [-0.3, -0.25) is 19.3 Å². The minimum Gasteiger partial charge on any atom is -0.454 e. The Bertz CT molecular complexity index is 1080. The van der Waals surface area contributed by atoms with E-state index in [9.17, 15) is 19.2 Å². The number of rotatable bonds is 5. The molecule has 0 radical (unpaired) electrons. The summed E-state index contributed by atoms with van der Waals surface area (Å²) in [5.74, 6) is -0.341. The molecule has 9 heteroatoms. The number of hydrogen-bond donors (Lipinski definition) is 2. The number of nitrogens with one attached hydrogen (secondary N) is 2. The molecule has 2 aromatic carbocycles. The van der Waals surface area contributed by atoms with Crippen LogP contribution in [0.4, 0.5) is 10.5 Å². The van der Waals surface area contributed by atoms with E-state index >= 15 is 0 Å². The van der Waals surface area contributed by atoms with Crippen LogP contribution in [0, 0.1) is 0 Å². The van der Waals surface area contributed by atoms with Gasteiger partial charge in [-0.05, 0) is 43.7 Å². The molecule has 0 saturated carbocycles. The summed E-state index contributed by atoms with van der Waals surface area (Å²) in [5.41, 5.74) is -0.181. The van der Waals surface area contributed by atoms with Crippen LogP contribution in [0.15, 0.2) is 42.5 Å². The van der Waals surface area contributed by atoms with E-state index in [4.69, 9.17) is 9.47 Å². The highest BCUT2D eigenvalue weighted by molar-refractivity contribution is 6.11. The number of benzene rings is 2. The number of urea groups is 1. The van der Waals surface area contributed by atoms with Gasteiger partial charge >= 0.3 is 6.03 Å². The number of nitrogens with zero attached hydrogens (tertiary/aromatic N) is 1. The summed E-state index contributed by atoms with van der Waals surface area (Å²) >= 11 is 0. The summed E-state index contributed by atoms with van der Waals surface area (Å²) in [6.07, 6.45) is 0. The maximum atomic E-state index is 13.0. The molecule has 2 N–H and O–H groups in total. The number of imide groups is 1. The molecule has 4 amide bonds. The molecular weight excluding hydrogens is 390 g/mol. The topological polar surface area (TPSA) is 114 Å². The molecule has 0 bridgehead atoms. The zero-order chi connectivity index (χ0) is 21.5. The highest BCUT2D eigenvalue weighted by atomic mass is 16.7. The fourth-order valence-electron chi connectivity index (χ4n) is 3.48. The van der Waals surface area contributed by atoms with E-state index in [1.165, 1.54) is 6.92 Å². The first-order chi connectivity index (χ1) is 14.3. The molecule has 2 heterocycles. The lowest BCUT2D eigenvalue weighted by molar-refractivity contribution is -0.133. The first-order valence-corrected chi connectivity index (χ1v) is 9.23. The van der Waals surface area contributed by atoms with E-state index in [0.29, 0.717) is 28.3 Å². The Hall–Kier alpha value is -3.88. The van der Waals surface area contributed by atoms with E-state index in [2.05, 4.69) is 10.6 Å². The van der Waals surface area contributed by atoms with Gasteiger partial charge in [0.05, 0.1) is 5.69 Å². The minimum atomic E-state index is -1.35. The number of Topliss-reactive ketones (excluding diaryl/α,β-unsaturated/α-hetero) is 1. The molecule has 2 aliphatic rings. The zero-order valence-electron chi connectivity index (χ0n) is 16.4. The van der Waals surface area contributed by atoms with Crippen molar-refractivity contribution >= 4 is 29.3 Å². The molecule has 0 aromatic heterocycles. The van der Waals surface area contributed by atoms with Gasteiger partial charge in [0.15, 0.2) is 17.3 Å². The Morgan fingerprint density at radius 3 is 2.63 bits per heavy atom. The first-order valence-electron chi connectivity index (χ1n) is 9.23. The number of amides is 4. The van der Waals surface area contributed by atoms with Crippen LogP contribution < -0.4 is 20.1 Å². The molecule has 30 heavy (non-hydrogen) atoms. The van der Waals surface area contributed by atoms with Gasteiger partial charge in [0.2, 0.25) is 12.7 Å². The molecule has 9 nitrogen and oxygen atoms in total. The van der Waals surface area contributed by atoms with E-state index in [0.717, 1.165) is 4.90 Å². The van der Waals surface area contributed by atoms with E-state index in [1.807, 2.05) is 0 Å². The number of ether oxygens (including phenoxy) is 2. The number of fused-ring (bicyclic) bond motifs is 1. The monoisotopic (exact) mass is 409 g/mol. The fraction of sp³-hybridized carbons (Fsp3) is 0.238. The van der Waals surface area contributed by atoms with Gasteiger partial charge in [-0.15, -0.1) is 0 Å². The van der Waals surface area contributed by atoms with Crippen LogP contribution in [-0.2, 0) is 15.1 Å². The zero-order valence-corrected chi connectivity index (χ0v) is 16.4. The Kier molecular flexibility index (Phi) is 4.65. The lowest BCUT2D eigenvalue weighted by atomic mass is 9.91. The standard InChI is InChI=1S/C21H19N3O6/c1-12(25)14-5-3-4-6-15(14)22-18(26)10-24-19(27)21(2,23-20(24)28)13-7-8-16-17(9-13)30-11-29-16/h3-9H,10-11H2,1-2H3,(H,22,26)(H,23,28)/t21-/m1/s1. The maximum absolute atomic E-state index is 13.0. The second-order valence-electron chi connectivity index (χ2n) is 7.16. The Labute approximate surface area is 171 Å². The lowest BCUT2D eigenvalue weighted by Crippen LogP contribution is -2.42. The quantitative estimate of drug-likeness (QED) is 0.577. The second kappa shape index (κ2) is 7.18. The van der Waals surface area contributed by atoms with E-state index in [1.54, 1.807) is 49.4 Å². The van der Waals surface area contributed by atoms with Crippen LogP contribution >= 0.6 is 0 Å². The van der Waals surface area contributed by atoms with Crippen molar-refractivity contribution in [2.75, 3.05) is 18.7 Å². The predicted octanol–water partition coefficient (Wildman–Crippen LogP) is 2.02. The van der Waals surface area contributed by atoms with Gasteiger partial charge in [0, 0.05) is 5.56 Å². The van der Waals surface area contributed by atoms with Crippen molar-refractivity contribution < 1.29 is 28.7 Å². The number of para-hydroxylation sites is 1. The number of carbonyl (C=O) groups excluding carboxylic acids is 4. The normalized spacial score (nSPS) is 19.6. The van der Waals surface area contributed by atoms with Crippen LogP contribution in [-0.4, -0.2) is 41.9 Å². The van der Waals surface area contributed by atoms with Crippen LogP contribution in [0.5, 0.6) is 11.5 Å². The summed E-state index contributed by atoms with van der Waals surface area (Å²) in [6.45, 7) is 2.55. The van der Waals surface area contributed by atoms with Crippen molar-refractivity contribution in [3.8, 4) is 11.5 Å². The number of carbonyl (C=O) groups is 4. The van der Waals surface area contributed by atoms with E-state index in [-0.39, 0.29) is 12.6 Å². The highest BCUT2D eigenvalue weighted by Crippen LogP contribution is 2.37. The van der Waals surface area contributed by atoms with Crippen molar-refractivity contribution in [1.82, 2.24) is 10.2 Å². The molecule has 4 rings (SSSR count). The SMILES string of the molecule is CC(=O)c1ccccc1NC(=O)CN1C(=O)N[C@](C)(c2ccc3c(c2)OCO3)C1=O. The van der Waals surface area contributed by atoms with Gasteiger partial charge in [-0.1, -0.05) is 18.2 Å². The van der Waals surface area contributed by atoms with Crippen LogP contribution in [0.3, 0.4) is 0 Å². The third-order valence-electron chi connectivity index (χ3n) is 5.11. The van der Waals surface area contributed by atoms with Crippen molar-refractivity contribution in [3.05, 3.63) is 53.6 Å². The molecule has 0 aliphatic carbocycles. The summed E-state index contributed by atoms with van der Waals surface area (Å²) in [6, 6.07) is 10.8. The third kappa shape index (κ3) is 3.24. The Morgan fingerprint density at radius 1 is 1.13 bits per heavy atom. The second-order valence-corrected chi connectivity index (χ2v) is 7.16. The van der Waals surface area contributed by atoms with Crippen molar-refractivity contribution in [2.24, 2.45) is 0 Å². The summed E-state index contributed by atoms with van der Waals surface area (Å²) < 4.78 is 10.6. The number of anilines is 1. The van der Waals surface area contributed by atoms with Crippen LogP contribution in [0.25, 0.3) is 0 Å². The molecule has 2 aliphatic heterocycles. The van der Waals surface area contributed by atoms with Gasteiger partial charge in [0.1, 0.15) is 12.1 Å². The maximum Gasteiger partial charge on any atom is 0.325 e. The van der Waals surface area contributed by atoms with Crippen molar-refractivity contribution in [1.29, 1.82) is 0 Å². The fourth-order valence-corrected chi connectivity index (χ4v) is 3.48. The summed E-state index contributed by atoms with van der Waals surface area (Å²) in [4.78, 5) is 50.6. The Balaban J connectivity index is 1.52. The molecule has 2 aromatic rings. The van der Waals surface area contributed by atoms with E-state index < -0.39 is 29.9 Å². The molecular formula is C21H19N3O6. The van der Waals surface area contributed by atoms with Crippen molar-refractivity contribution in [3.63, 3.8) is 0 Å². The molecule has 0 spiro atoms. The van der Waals surface area contributed by atoms with Crippen molar-refractivity contribution in [2.45, 2.75) is 19.4 Å². The molecule has 1 fully saturated rings. The largest absolute Gasteiger partial charge is 0.454 e. The first kappa shape index (κ1) is 19.4. The number of ketones is 1. The van der Waals surface area contributed by atoms with Crippen LogP contribution in [0.1, 0.15) is 29.8 Å². The Morgan fingerprint density at radius 2 is 1.87 bits per heavy atom.